The van der Waals surface area contributed by atoms with Gasteiger partial charge in [-0.05, 0) is 66.3 Å². The number of pyridine rings is 1. The average Bonchev–Trinajstić information content (AvgIpc) is 2.68. The maximum Gasteiger partial charge on any atom is 0.0650 e. The van der Waals surface area contributed by atoms with Gasteiger partial charge in [0.05, 0.1) is 5.69 Å². The largest absolute Gasteiger partial charge is 0.371 e. The number of piperidine rings is 1. The number of nitrogens with zero attached hydrogens (tertiary/aromatic N) is 2. The molecule has 0 aliphatic carbocycles. The van der Waals surface area contributed by atoms with Gasteiger partial charge in [0.15, 0.2) is 0 Å². The van der Waals surface area contributed by atoms with Crippen LogP contribution < -0.4 is 4.90 Å². The minimum absolute atomic E-state index is 0. The second-order valence-corrected chi connectivity index (χ2v) is 6.88. The lowest BCUT2D eigenvalue weighted by molar-refractivity contribution is 0.577. The van der Waals surface area contributed by atoms with Crippen molar-refractivity contribution in [1.29, 1.82) is 0 Å². The van der Waals surface area contributed by atoms with Crippen molar-refractivity contribution in [2.45, 2.75) is 26.2 Å². The van der Waals surface area contributed by atoms with Crippen LogP contribution in [0.3, 0.4) is 0 Å². The van der Waals surface area contributed by atoms with Crippen LogP contribution in [0, 0.1) is 6.92 Å². The van der Waals surface area contributed by atoms with Crippen LogP contribution in [-0.2, 0) is 0 Å². The third kappa shape index (κ3) is 4.08. The lowest BCUT2D eigenvalue weighted by atomic mass is 10.1. The summed E-state index contributed by atoms with van der Waals surface area (Å²) in [7, 11) is 0. The molecule has 2 aromatic carbocycles. The van der Waals surface area contributed by atoms with Crippen LogP contribution in [0.5, 0.6) is 0 Å². The van der Waals surface area contributed by atoms with Gasteiger partial charge in [-0.2, -0.15) is 0 Å². The average molecular weight is 365 g/mol. The van der Waals surface area contributed by atoms with E-state index in [2.05, 4.69) is 77.5 Å². The quantitative estimate of drug-likeness (QED) is 0.556. The Kier molecular flexibility index (Phi) is 5.95. The number of aromatic nitrogens is 1. The van der Waals surface area contributed by atoms with E-state index in [1.54, 1.807) is 0 Å². The number of rotatable bonds is 3. The standard InChI is InChI=1S/C23H24N2.ClH/c1-18-17-24-22(16-23(18)25-13-5-2-6-14-25)12-10-19-9-11-20-7-3-4-8-21(20)15-19;/h3-4,7-12,15-17H,2,5-6,13-14H2,1H3;1H. The Balaban J connectivity index is 0.00000196. The summed E-state index contributed by atoms with van der Waals surface area (Å²) in [5.74, 6) is 0. The van der Waals surface area contributed by atoms with Crippen LogP contribution in [0.2, 0.25) is 0 Å². The van der Waals surface area contributed by atoms with E-state index in [1.165, 1.54) is 59.9 Å². The Bertz CT molecular complexity index is 911. The molecule has 1 aliphatic heterocycles. The molecule has 2 heterocycles. The van der Waals surface area contributed by atoms with Crippen LogP contribution in [0.1, 0.15) is 36.1 Å². The maximum atomic E-state index is 4.60. The summed E-state index contributed by atoms with van der Waals surface area (Å²) in [5.41, 5.74) is 4.84. The molecule has 26 heavy (non-hydrogen) atoms. The smallest absolute Gasteiger partial charge is 0.0650 e. The van der Waals surface area contributed by atoms with E-state index in [0.717, 1.165) is 5.69 Å². The fourth-order valence-electron chi connectivity index (χ4n) is 3.59. The summed E-state index contributed by atoms with van der Waals surface area (Å²) < 4.78 is 0. The van der Waals surface area contributed by atoms with Crippen molar-refractivity contribution in [2.24, 2.45) is 0 Å². The predicted octanol–water partition coefficient (Wildman–Crippen LogP) is 6.13. The molecular weight excluding hydrogens is 340 g/mol. The molecule has 0 unspecified atom stereocenters. The molecule has 0 N–H and O–H groups in total. The van der Waals surface area contributed by atoms with Gasteiger partial charge >= 0.3 is 0 Å². The Morgan fingerprint density at radius 1 is 0.885 bits per heavy atom. The van der Waals surface area contributed by atoms with Crippen molar-refractivity contribution >= 4 is 41.0 Å². The first-order valence-electron chi connectivity index (χ1n) is 9.18. The van der Waals surface area contributed by atoms with E-state index in [-0.39, 0.29) is 12.4 Å². The normalized spacial score (nSPS) is 14.6. The molecular formula is C23H25ClN2. The highest BCUT2D eigenvalue weighted by Gasteiger charge is 2.13. The van der Waals surface area contributed by atoms with E-state index < -0.39 is 0 Å². The molecule has 4 rings (SSSR count). The van der Waals surface area contributed by atoms with Gasteiger partial charge in [-0.3, -0.25) is 4.98 Å². The van der Waals surface area contributed by atoms with Gasteiger partial charge < -0.3 is 4.90 Å². The topological polar surface area (TPSA) is 16.1 Å². The molecule has 134 valence electrons. The number of fused-ring (bicyclic) bond motifs is 1. The minimum atomic E-state index is 0. The second kappa shape index (κ2) is 8.37. The van der Waals surface area contributed by atoms with Gasteiger partial charge in [0.25, 0.3) is 0 Å². The highest BCUT2D eigenvalue weighted by molar-refractivity contribution is 5.86. The first-order valence-corrected chi connectivity index (χ1v) is 9.18. The number of halogens is 1. The van der Waals surface area contributed by atoms with Crippen LogP contribution in [-0.4, -0.2) is 18.1 Å². The zero-order valence-corrected chi connectivity index (χ0v) is 16.0. The number of hydrogen-bond donors (Lipinski definition) is 0. The first kappa shape index (κ1) is 18.5. The molecule has 1 aliphatic rings. The van der Waals surface area contributed by atoms with Crippen molar-refractivity contribution in [3.63, 3.8) is 0 Å². The fraction of sp³-hybridized carbons (Fsp3) is 0.261. The van der Waals surface area contributed by atoms with E-state index in [9.17, 15) is 0 Å². The molecule has 1 aromatic heterocycles. The SMILES string of the molecule is Cc1cnc(C=Cc2ccc3ccccc3c2)cc1N1CCCCC1.Cl. The van der Waals surface area contributed by atoms with Crippen molar-refractivity contribution in [2.75, 3.05) is 18.0 Å². The number of benzene rings is 2. The molecule has 0 atom stereocenters. The van der Waals surface area contributed by atoms with Crippen molar-refractivity contribution in [3.8, 4) is 0 Å². The number of anilines is 1. The number of aryl methyl sites for hydroxylation is 1. The third-order valence-corrected chi connectivity index (χ3v) is 5.01. The highest BCUT2D eigenvalue weighted by atomic mass is 35.5. The monoisotopic (exact) mass is 364 g/mol. The summed E-state index contributed by atoms with van der Waals surface area (Å²) in [6.45, 7) is 4.49. The maximum absolute atomic E-state index is 4.60. The fourth-order valence-corrected chi connectivity index (χ4v) is 3.59. The molecule has 1 fully saturated rings. The van der Waals surface area contributed by atoms with Gasteiger partial charge in [0.2, 0.25) is 0 Å². The van der Waals surface area contributed by atoms with E-state index in [0.29, 0.717) is 0 Å². The first-order chi connectivity index (χ1) is 12.3. The van der Waals surface area contributed by atoms with Crippen molar-refractivity contribution in [3.05, 3.63) is 71.5 Å². The van der Waals surface area contributed by atoms with E-state index >= 15 is 0 Å². The lowest BCUT2D eigenvalue weighted by Gasteiger charge is -2.30. The molecule has 3 heteroatoms. The van der Waals surface area contributed by atoms with Gasteiger partial charge in [-0.15, -0.1) is 12.4 Å². The van der Waals surface area contributed by atoms with E-state index in [4.69, 9.17) is 0 Å². The predicted molar refractivity (Wildman–Crippen MR) is 115 cm³/mol. The minimum Gasteiger partial charge on any atom is -0.371 e. The van der Waals surface area contributed by atoms with Gasteiger partial charge in [-0.1, -0.05) is 42.5 Å². The molecule has 0 bridgehead atoms. The molecule has 0 radical (unpaired) electrons. The highest BCUT2D eigenvalue weighted by Crippen LogP contribution is 2.25. The Morgan fingerprint density at radius 3 is 2.46 bits per heavy atom. The Morgan fingerprint density at radius 2 is 1.65 bits per heavy atom. The van der Waals surface area contributed by atoms with Crippen LogP contribution in [0.15, 0.2) is 54.7 Å². The van der Waals surface area contributed by atoms with Gasteiger partial charge in [-0.25, -0.2) is 0 Å². The van der Waals surface area contributed by atoms with Gasteiger partial charge in [0.1, 0.15) is 0 Å². The third-order valence-electron chi connectivity index (χ3n) is 5.01. The van der Waals surface area contributed by atoms with Gasteiger partial charge in [0, 0.05) is 25.0 Å². The summed E-state index contributed by atoms with van der Waals surface area (Å²) >= 11 is 0. The summed E-state index contributed by atoms with van der Waals surface area (Å²) in [6.07, 6.45) is 10.2. The molecule has 0 saturated carbocycles. The van der Waals surface area contributed by atoms with Crippen LogP contribution in [0.25, 0.3) is 22.9 Å². The molecule has 0 amide bonds. The molecule has 2 nitrogen and oxygen atoms in total. The lowest BCUT2D eigenvalue weighted by Crippen LogP contribution is -2.30. The zero-order chi connectivity index (χ0) is 17.1. The summed E-state index contributed by atoms with van der Waals surface area (Å²) in [4.78, 5) is 7.11. The molecule has 0 spiro atoms. The van der Waals surface area contributed by atoms with E-state index in [1.807, 2.05) is 6.20 Å². The Labute approximate surface area is 162 Å². The van der Waals surface area contributed by atoms with Crippen molar-refractivity contribution < 1.29 is 0 Å². The Hall–Kier alpha value is -2.32. The summed E-state index contributed by atoms with van der Waals surface area (Å²) in [6, 6.07) is 17.3. The summed E-state index contributed by atoms with van der Waals surface area (Å²) in [5, 5.41) is 2.55. The molecule has 1 saturated heterocycles. The second-order valence-electron chi connectivity index (χ2n) is 6.88. The van der Waals surface area contributed by atoms with Crippen molar-refractivity contribution in [1.82, 2.24) is 4.98 Å². The number of hydrogen-bond acceptors (Lipinski definition) is 2. The zero-order valence-electron chi connectivity index (χ0n) is 15.2. The van der Waals surface area contributed by atoms with Crippen LogP contribution in [0.4, 0.5) is 5.69 Å². The van der Waals surface area contributed by atoms with Crippen LogP contribution >= 0.6 is 12.4 Å². The molecule has 3 aromatic rings.